The van der Waals surface area contributed by atoms with Gasteiger partial charge in [-0.2, -0.15) is 0 Å². The molecule has 0 saturated carbocycles. The van der Waals surface area contributed by atoms with Crippen LogP contribution in [-0.2, 0) is 4.79 Å². The molecule has 1 heterocycles. The van der Waals surface area contributed by atoms with Crippen LogP contribution in [0.1, 0.15) is 6.92 Å². The van der Waals surface area contributed by atoms with Crippen LogP contribution >= 0.6 is 0 Å². The van der Waals surface area contributed by atoms with E-state index in [-0.39, 0.29) is 11.8 Å². The van der Waals surface area contributed by atoms with Crippen molar-refractivity contribution in [2.24, 2.45) is 5.92 Å². The summed E-state index contributed by atoms with van der Waals surface area (Å²) in [4.78, 5) is 11.2. The summed E-state index contributed by atoms with van der Waals surface area (Å²) >= 11 is 0. The second kappa shape index (κ2) is 3.09. The van der Waals surface area contributed by atoms with Gasteiger partial charge in [-0.25, -0.2) is 0 Å². The van der Waals surface area contributed by atoms with Crippen LogP contribution in [0.5, 0.6) is 0 Å². The number of para-hydroxylation sites is 1. The van der Waals surface area contributed by atoms with E-state index >= 15 is 0 Å². The van der Waals surface area contributed by atoms with E-state index in [0.717, 1.165) is 12.2 Å². The van der Waals surface area contributed by atoms with Crippen molar-refractivity contribution in [1.29, 1.82) is 0 Å². The van der Waals surface area contributed by atoms with Crippen LogP contribution in [0.4, 0.5) is 5.69 Å². The number of amides is 1. The molecule has 3 nitrogen and oxygen atoms in total. The Morgan fingerprint density at radius 3 is 2.62 bits per heavy atom. The third-order valence-corrected chi connectivity index (χ3v) is 2.22. The van der Waals surface area contributed by atoms with E-state index in [1.165, 1.54) is 0 Å². The third-order valence-electron chi connectivity index (χ3n) is 2.22. The van der Waals surface area contributed by atoms with E-state index in [9.17, 15) is 4.79 Å². The Morgan fingerprint density at radius 2 is 2.08 bits per heavy atom. The standard InChI is InChI=1S/C10H12N2O/c1-8-7-12(11-10(8)13)9-5-3-2-4-6-9/h2-6,8H,7H2,1H3,(H,11,13)/t8-/m0/s1. The molecular formula is C10H12N2O. The molecule has 1 aliphatic heterocycles. The molecule has 1 aromatic carbocycles. The predicted octanol–water partition coefficient (Wildman–Crippen LogP) is 1.17. The number of hydrazine groups is 1. The molecular weight excluding hydrogens is 164 g/mol. The molecule has 0 spiro atoms. The summed E-state index contributed by atoms with van der Waals surface area (Å²) in [6, 6.07) is 9.86. The lowest BCUT2D eigenvalue weighted by atomic mass is 10.2. The number of nitrogens with zero attached hydrogens (tertiary/aromatic N) is 1. The van der Waals surface area contributed by atoms with Crippen molar-refractivity contribution < 1.29 is 4.79 Å². The first-order chi connectivity index (χ1) is 6.27. The Bertz CT molecular complexity index is 310. The first-order valence-corrected chi connectivity index (χ1v) is 4.40. The monoisotopic (exact) mass is 176 g/mol. The highest BCUT2D eigenvalue weighted by molar-refractivity contribution is 5.83. The fourth-order valence-electron chi connectivity index (χ4n) is 1.42. The van der Waals surface area contributed by atoms with E-state index in [1.807, 2.05) is 42.3 Å². The first kappa shape index (κ1) is 8.10. The second-order valence-corrected chi connectivity index (χ2v) is 3.32. The van der Waals surface area contributed by atoms with Gasteiger partial charge in [-0.1, -0.05) is 25.1 Å². The fourth-order valence-corrected chi connectivity index (χ4v) is 1.42. The lowest BCUT2D eigenvalue weighted by molar-refractivity contribution is -0.121. The molecule has 1 fully saturated rings. The van der Waals surface area contributed by atoms with E-state index in [2.05, 4.69) is 5.43 Å². The Kier molecular flexibility index (Phi) is 1.93. The van der Waals surface area contributed by atoms with Crippen LogP contribution in [0.2, 0.25) is 0 Å². The second-order valence-electron chi connectivity index (χ2n) is 3.32. The maximum Gasteiger partial charge on any atom is 0.243 e. The van der Waals surface area contributed by atoms with Gasteiger partial charge in [0.15, 0.2) is 0 Å². The topological polar surface area (TPSA) is 32.3 Å². The van der Waals surface area contributed by atoms with Gasteiger partial charge in [0, 0.05) is 0 Å². The van der Waals surface area contributed by atoms with Crippen LogP contribution in [0.25, 0.3) is 0 Å². The van der Waals surface area contributed by atoms with Crippen LogP contribution in [0, 0.1) is 5.92 Å². The molecule has 1 amide bonds. The average Bonchev–Trinajstić information content (AvgIpc) is 2.49. The fraction of sp³-hybridized carbons (Fsp3) is 0.300. The van der Waals surface area contributed by atoms with Crippen molar-refractivity contribution in [3.05, 3.63) is 30.3 Å². The van der Waals surface area contributed by atoms with Crippen molar-refractivity contribution in [3.63, 3.8) is 0 Å². The Balaban J connectivity index is 2.17. The first-order valence-electron chi connectivity index (χ1n) is 4.40. The summed E-state index contributed by atoms with van der Waals surface area (Å²) in [5.41, 5.74) is 3.86. The SMILES string of the molecule is C[C@H]1CN(c2ccccc2)NC1=O. The maximum absolute atomic E-state index is 11.2. The zero-order chi connectivity index (χ0) is 9.26. The molecule has 0 unspecified atom stereocenters. The van der Waals surface area contributed by atoms with Crippen molar-refractivity contribution in [3.8, 4) is 0 Å². The summed E-state index contributed by atoms with van der Waals surface area (Å²) in [6.45, 7) is 2.68. The number of carbonyl (C=O) groups excluding carboxylic acids is 1. The number of nitrogens with one attached hydrogen (secondary N) is 1. The van der Waals surface area contributed by atoms with Gasteiger partial charge in [-0.3, -0.25) is 15.2 Å². The summed E-state index contributed by atoms with van der Waals surface area (Å²) in [7, 11) is 0. The van der Waals surface area contributed by atoms with E-state index < -0.39 is 0 Å². The minimum Gasteiger partial charge on any atom is -0.285 e. The molecule has 1 aliphatic rings. The van der Waals surface area contributed by atoms with Crippen LogP contribution < -0.4 is 10.4 Å². The van der Waals surface area contributed by atoms with Gasteiger partial charge in [0.1, 0.15) is 0 Å². The number of hydrogen-bond acceptors (Lipinski definition) is 2. The zero-order valence-corrected chi connectivity index (χ0v) is 7.53. The minimum atomic E-state index is 0.0835. The summed E-state index contributed by atoms with van der Waals surface area (Å²) < 4.78 is 0. The lowest BCUT2D eigenvalue weighted by Crippen LogP contribution is -2.32. The van der Waals surface area contributed by atoms with Gasteiger partial charge in [0.2, 0.25) is 5.91 Å². The molecule has 3 heteroatoms. The Morgan fingerprint density at radius 1 is 1.38 bits per heavy atom. The Labute approximate surface area is 77.3 Å². The molecule has 68 valence electrons. The summed E-state index contributed by atoms with van der Waals surface area (Å²) in [5, 5.41) is 1.88. The van der Waals surface area contributed by atoms with Gasteiger partial charge < -0.3 is 0 Å². The normalized spacial score (nSPS) is 21.8. The summed E-state index contributed by atoms with van der Waals surface area (Å²) in [6.07, 6.45) is 0. The van der Waals surface area contributed by atoms with E-state index in [0.29, 0.717) is 0 Å². The highest BCUT2D eigenvalue weighted by atomic mass is 16.2. The maximum atomic E-state index is 11.2. The highest BCUT2D eigenvalue weighted by Gasteiger charge is 2.26. The number of carbonyl (C=O) groups is 1. The molecule has 1 N–H and O–H groups in total. The number of hydrogen-bond donors (Lipinski definition) is 1. The largest absolute Gasteiger partial charge is 0.285 e. The van der Waals surface area contributed by atoms with Gasteiger partial charge in [0.25, 0.3) is 0 Å². The number of anilines is 1. The van der Waals surface area contributed by atoms with E-state index in [4.69, 9.17) is 0 Å². The van der Waals surface area contributed by atoms with Crippen molar-refractivity contribution in [2.45, 2.75) is 6.92 Å². The third kappa shape index (κ3) is 1.49. The molecule has 13 heavy (non-hydrogen) atoms. The Hall–Kier alpha value is -1.51. The minimum absolute atomic E-state index is 0.0835. The highest BCUT2D eigenvalue weighted by Crippen LogP contribution is 2.17. The molecule has 0 radical (unpaired) electrons. The van der Waals surface area contributed by atoms with Gasteiger partial charge in [-0.15, -0.1) is 0 Å². The van der Waals surface area contributed by atoms with Crippen molar-refractivity contribution >= 4 is 11.6 Å². The number of benzene rings is 1. The van der Waals surface area contributed by atoms with Crippen molar-refractivity contribution in [1.82, 2.24) is 5.43 Å². The van der Waals surface area contributed by atoms with Crippen LogP contribution in [0.3, 0.4) is 0 Å². The molecule has 2 rings (SSSR count). The predicted molar refractivity (Wildman–Crippen MR) is 51.1 cm³/mol. The van der Waals surface area contributed by atoms with E-state index in [1.54, 1.807) is 0 Å². The van der Waals surface area contributed by atoms with Crippen LogP contribution in [-0.4, -0.2) is 12.5 Å². The molecule has 1 atom stereocenters. The molecule has 1 aromatic rings. The average molecular weight is 176 g/mol. The smallest absolute Gasteiger partial charge is 0.243 e. The molecule has 0 aromatic heterocycles. The van der Waals surface area contributed by atoms with Gasteiger partial charge in [0.05, 0.1) is 18.2 Å². The van der Waals surface area contributed by atoms with Crippen molar-refractivity contribution in [2.75, 3.05) is 11.6 Å². The van der Waals surface area contributed by atoms with Gasteiger partial charge in [-0.05, 0) is 12.1 Å². The number of rotatable bonds is 1. The summed E-state index contributed by atoms with van der Waals surface area (Å²) in [5.74, 6) is 0.184. The van der Waals surface area contributed by atoms with Crippen LogP contribution in [0.15, 0.2) is 30.3 Å². The van der Waals surface area contributed by atoms with Gasteiger partial charge >= 0.3 is 0 Å². The lowest BCUT2D eigenvalue weighted by Gasteiger charge is -2.16. The molecule has 0 aliphatic carbocycles. The molecule has 1 saturated heterocycles. The molecule has 0 bridgehead atoms. The quantitative estimate of drug-likeness (QED) is 0.696. The zero-order valence-electron chi connectivity index (χ0n) is 7.53.